The molecule has 0 fully saturated rings. The van der Waals surface area contributed by atoms with Gasteiger partial charge in [-0.25, -0.2) is 0 Å². The maximum absolute atomic E-state index is 6.09. The van der Waals surface area contributed by atoms with Crippen LogP contribution in [0.3, 0.4) is 0 Å². The molecule has 0 aliphatic carbocycles. The summed E-state index contributed by atoms with van der Waals surface area (Å²) in [6.07, 6.45) is 1.97. The molecule has 0 aliphatic heterocycles. The van der Waals surface area contributed by atoms with E-state index in [4.69, 9.17) is 10.5 Å². The molecule has 0 amide bonds. The quantitative estimate of drug-likeness (QED) is 0.898. The number of hydrogen-bond donors (Lipinski definition) is 1. The Hall–Kier alpha value is -1.81. The maximum atomic E-state index is 6.09. The fourth-order valence-corrected chi connectivity index (χ4v) is 1.90. The SMILES string of the molecule is COc1ccc(Cn2ccc(C(N)C(C)C)n2)cc1. The predicted octanol–water partition coefficient (Wildman–Crippen LogP) is 2.60. The van der Waals surface area contributed by atoms with Gasteiger partial charge in [-0.2, -0.15) is 5.10 Å². The van der Waals surface area contributed by atoms with Crippen molar-refractivity contribution in [1.82, 2.24) is 9.78 Å². The summed E-state index contributed by atoms with van der Waals surface area (Å²) >= 11 is 0. The zero-order valence-electron chi connectivity index (χ0n) is 11.7. The Labute approximate surface area is 114 Å². The molecule has 1 atom stereocenters. The van der Waals surface area contributed by atoms with Gasteiger partial charge < -0.3 is 10.5 Å². The van der Waals surface area contributed by atoms with Crippen molar-refractivity contribution in [3.05, 3.63) is 47.8 Å². The Morgan fingerprint density at radius 2 is 1.89 bits per heavy atom. The number of hydrogen-bond acceptors (Lipinski definition) is 3. The number of aromatic nitrogens is 2. The van der Waals surface area contributed by atoms with Crippen molar-refractivity contribution in [2.75, 3.05) is 7.11 Å². The van der Waals surface area contributed by atoms with Gasteiger partial charge in [0.05, 0.1) is 25.4 Å². The largest absolute Gasteiger partial charge is 0.497 e. The molecule has 102 valence electrons. The van der Waals surface area contributed by atoms with Gasteiger partial charge in [-0.05, 0) is 29.7 Å². The molecular weight excluding hydrogens is 238 g/mol. The van der Waals surface area contributed by atoms with E-state index in [1.165, 1.54) is 5.56 Å². The molecule has 4 heteroatoms. The molecule has 4 nitrogen and oxygen atoms in total. The molecule has 2 aromatic rings. The van der Waals surface area contributed by atoms with Crippen LogP contribution in [0.15, 0.2) is 36.5 Å². The van der Waals surface area contributed by atoms with Gasteiger partial charge in [0.25, 0.3) is 0 Å². The van der Waals surface area contributed by atoms with Crippen LogP contribution in [0, 0.1) is 5.92 Å². The maximum Gasteiger partial charge on any atom is 0.118 e. The highest BCUT2D eigenvalue weighted by atomic mass is 16.5. The monoisotopic (exact) mass is 259 g/mol. The van der Waals surface area contributed by atoms with E-state index in [9.17, 15) is 0 Å². The van der Waals surface area contributed by atoms with Gasteiger partial charge in [-0.1, -0.05) is 26.0 Å². The lowest BCUT2D eigenvalue weighted by atomic mass is 10.0. The minimum Gasteiger partial charge on any atom is -0.497 e. The summed E-state index contributed by atoms with van der Waals surface area (Å²) in [6.45, 7) is 4.95. The Morgan fingerprint density at radius 1 is 1.21 bits per heavy atom. The summed E-state index contributed by atoms with van der Waals surface area (Å²) in [5.41, 5.74) is 8.23. The van der Waals surface area contributed by atoms with Crippen molar-refractivity contribution in [3.8, 4) is 5.75 Å². The summed E-state index contributed by atoms with van der Waals surface area (Å²) in [4.78, 5) is 0. The van der Waals surface area contributed by atoms with E-state index >= 15 is 0 Å². The average Bonchev–Trinajstić information content (AvgIpc) is 2.87. The van der Waals surface area contributed by atoms with Crippen molar-refractivity contribution < 1.29 is 4.74 Å². The lowest BCUT2D eigenvalue weighted by Crippen LogP contribution is -2.17. The molecule has 0 radical (unpaired) electrons. The summed E-state index contributed by atoms with van der Waals surface area (Å²) in [7, 11) is 1.67. The number of ether oxygens (including phenoxy) is 1. The third-order valence-corrected chi connectivity index (χ3v) is 3.22. The van der Waals surface area contributed by atoms with Crippen molar-refractivity contribution in [2.24, 2.45) is 11.7 Å². The van der Waals surface area contributed by atoms with Gasteiger partial charge in [0.1, 0.15) is 5.75 Å². The standard InChI is InChI=1S/C15H21N3O/c1-11(2)15(16)14-8-9-18(17-14)10-12-4-6-13(19-3)7-5-12/h4-9,11,15H,10,16H2,1-3H3. The zero-order valence-corrected chi connectivity index (χ0v) is 11.7. The Balaban J connectivity index is 2.06. The normalized spacial score (nSPS) is 12.7. The lowest BCUT2D eigenvalue weighted by Gasteiger charge is -2.12. The highest BCUT2D eigenvalue weighted by Crippen LogP contribution is 2.17. The van der Waals surface area contributed by atoms with Crippen LogP contribution in [0.1, 0.15) is 31.1 Å². The third-order valence-electron chi connectivity index (χ3n) is 3.22. The molecule has 1 unspecified atom stereocenters. The highest BCUT2D eigenvalue weighted by molar-refractivity contribution is 5.27. The Morgan fingerprint density at radius 3 is 2.47 bits per heavy atom. The van der Waals surface area contributed by atoms with Crippen molar-refractivity contribution in [1.29, 1.82) is 0 Å². The van der Waals surface area contributed by atoms with Gasteiger partial charge >= 0.3 is 0 Å². The zero-order chi connectivity index (χ0) is 13.8. The molecule has 0 spiro atoms. The summed E-state index contributed by atoms with van der Waals surface area (Å²) in [5.74, 6) is 1.26. The van der Waals surface area contributed by atoms with Crippen molar-refractivity contribution in [2.45, 2.75) is 26.4 Å². The van der Waals surface area contributed by atoms with Gasteiger partial charge in [0.15, 0.2) is 0 Å². The molecular formula is C15H21N3O. The number of nitrogens with two attached hydrogens (primary N) is 1. The Bertz CT molecular complexity index is 516. The van der Waals surface area contributed by atoms with Crippen LogP contribution in [-0.4, -0.2) is 16.9 Å². The number of nitrogens with zero attached hydrogens (tertiary/aromatic N) is 2. The molecule has 19 heavy (non-hydrogen) atoms. The van der Waals surface area contributed by atoms with Gasteiger partial charge in [0, 0.05) is 6.20 Å². The first-order chi connectivity index (χ1) is 9.10. The second kappa shape index (κ2) is 5.89. The first-order valence-corrected chi connectivity index (χ1v) is 6.52. The molecule has 2 N–H and O–H groups in total. The van der Waals surface area contributed by atoms with Gasteiger partial charge in [-0.3, -0.25) is 4.68 Å². The van der Waals surface area contributed by atoms with Gasteiger partial charge in [-0.15, -0.1) is 0 Å². The van der Waals surface area contributed by atoms with Crippen LogP contribution in [-0.2, 0) is 6.54 Å². The minimum atomic E-state index is -0.00267. The molecule has 2 rings (SSSR count). The van der Waals surface area contributed by atoms with E-state index in [-0.39, 0.29) is 6.04 Å². The number of benzene rings is 1. The fourth-order valence-electron chi connectivity index (χ4n) is 1.90. The van der Waals surface area contributed by atoms with Crippen LogP contribution in [0.4, 0.5) is 0 Å². The van der Waals surface area contributed by atoms with E-state index in [0.29, 0.717) is 5.92 Å². The van der Waals surface area contributed by atoms with E-state index < -0.39 is 0 Å². The van der Waals surface area contributed by atoms with E-state index in [2.05, 4.69) is 18.9 Å². The van der Waals surface area contributed by atoms with E-state index in [0.717, 1.165) is 18.0 Å². The van der Waals surface area contributed by atoms with Crippen LogP contribution >= 0.6 is 0 Å². The van der Waals surface area contributed by atoms with Crippen LogP contribution < -0.4 is 10.5 Å². The molecule has 0 saturated carbocycles. The first kappa shape index (κ1) is 13.6. The number of rotatable bonds is 5. The van der Waals surface area contributed by atoms with Crippen LogP contribution in [0.25, 0.3) is 0 Å². The van der Waals surface area contributed by atoms with Crippen molar-refractivity contribution >= 4 is 0 Å². The molecule has 0 aliphatic rings. The minimum absolute atomic E-state index is 0.00267. The summed E-state index contributed by atoms with van der Waals surface area (Å²) < 4.78 is 7.06. The molecule has 0 saturated heterocycles. The van der Waals surface area contributed by atoms with Gasteiger partial charge in [0.2, 0.25) is 0 Å². The van der Waals surface area contributed by atoms with Crippen LogP contribution in [0.2, 0.25) is 0 Å². The predicted molar refractivity (Wildman–Crippen MR) is 76.1 cm³/mol. The topological polar surface area (TPSA) is 53.1 Å². The first-order valence-electron chi connectivity index (χ1n) is 6.52. The Kier molecular flexibility index (Phi) is 4.22. The summed E-state index contributed by atoms with van der Waals surface area (Å²) in [6, 6.07) is 10.00. The smallest absolute Gasteiger partial charge is 0.118 e. The number of methoxy groups -OCH3 is 1. The summed E-state index contributed by atoms with van der Waals surface area (Å²) in [5, 5.41) is 4.53. The highest BCUT2D eigenvalue weighted by Gasteiger charge is 2.13. The van der Waals surface area contributed by atoms with E-state index in [1.54, 1.807) is 7.11 Å². The lowest BCUT2D eigenvalue weighted by molar-refractivity contribution is 0.414. The average molecular weight is 259 g/mol. The molecule has 1 aromatic heterocycles. The van der Waals surface area contributed by atoms with Crippen LogP contribution in [0.5, 0.6) is 5.75 Å². The molecule has 0 bridgehead atoms. The second-order valence-electron chi connectivity index (χ2n) is 5.06. The van der Waals surface area contributed by atoms with Crippen molar-refractivity contribution in [3.63, 3.8) is 0 Å². The molecule has 1 heterocycles. The third kappa shape index (κ3) is 3.35. The fraction of sp³-hybridized carbons (Fsp3) is 0.400. The molecule has 1 aromatic carbocycles. The second-order valence-corrected chi connectivity index (χ2v) is 5.06. The van der Waals surface area contributed by atoms with E-state index in [1.807, 2.05) is 41.2 Å².